The van der Waals surface area contributed by atoms with E-state index in [1.165, 1.54) is 37.5 Å². The SMILES string of the molecule is CCOC(=O)/C(=C\c1ccc(-c2ccccc2)cc1)OC(=Nc1ccc(OC)cc1)C(F)(F)F. The number of esters is 1. The molecule has 3 aromatic carbocycles. The molecule has 34 heavy (non-hydrogen) atoms. The Balaban J connectivity index is 1.94. The molecule has 0 aliphatic rings. The number of ether oxygens (including phenoxy) is 3. The van der Waals surface area contributed by atoms with Crippen molar-refractivity contribution in [1.29, 1.82) is 0 Å². The number of aliphatic imine (C=N–C) groups is 1. The molecule has 3 rings (SSSR count). The molecule has 5 nitrogen and oxygen atoms in total. The number of benzene rings is 3. The lowest BCUT2D eigenvalue weighted by Crippen LogP contribution is -2.27. The van der Waals surface area contributed by atoms with E-state index in [-0.39, 0.29) is 12.3 Å². The normalized spacial score (nSPS) is 12.3. The highest BCUT2D eigenvalue weighted by atomic mass is 19.4. The quantitative estimate of drug-likeness (QED) is 0.129. The minimum atomic E-state index is -4.96. The summed E-state index contributed by atoms with van der Waals surface area (Å²) in [4.78, 5) is 15.9. The number of rotatable bonds is 7. The van der Waals surface area contributed by atoms with Crippen LogP contribution in [-0.4, -0.2) is 31.8 Å². The molecule has 0 radical (unpaired) electrons. The number of hydrogen-bond donors (Lipinski definition) is 0. The molecule has 0 spiro atoms. The number of carbonyl (C=O) groups is 1. The van der Waals surface area contributed by atoms with Gasteiger partial charge >= 0.3 is 18.0 Å². The molecule has 0 aromatic heterocycles. The lowest BCUT2D eigenvalue weighted by atomic mass is 10.0. The maximum Gasteiger partial charge on any atom is 0.468 e. The van der Waals surface area contributed by atoms with E-state index in [0.717, 1.165) is 11.1 Å². The van der Waals surface area contributed by atoms with Crippen LogP contribution in [0.1, 0.15) is 12.5 Å². The average Bonchev–Trinajstić information content (AvgIpc) is 2.84. The molecule has 0 N–H and O–H groups in total. The zero-order valence-electron chi connectivity index (χ0n) is 18.5. The van der Waals surface area contributed by atoms with Gasteiger partial charge < -0.3 is 14.2 Å². The van der Waals surface area contributed by atoms with E-state index in [0.29, 0.717) is 11.3 Å². The van der Waals surface area contributed by atoms with E-state index < -0.39 is 23.8 Å². The first-order valence-corrected chi connectivity index (χ1v) is 10.3. The molecule has 0 heterocycles. The van der Waals surface area contributed by atoms with Crippen molar-refractivity contribution < 1.29 is 32.2 Å². The third-order valence-corrected chi connectivity index (χ3v) is 4.54. The van der Waals surface area contributed by atoms with E-state index in [9.17, 15) is 18.0 Å². The molecule has 0 aliphatic carbocycles. The smallest absolute Gasteiger partial charge is 0.468 e. The fourth-order valence-electron chi connectivity index (χ4n) is 2.91. The third-order valence-electron chi connectivity index (χ3n) is 4.54. The van der Waals surface area contributed by atoms with Gasteiger partial charge in [0.1, 0.15) is 5.75 Å². The molecular weight excluding hydrogens is 447 g/mol. The van der Waals surface area contributed by atoms with Crippen molar-refractivity contribution in [3.8, 4) is 16.9 Å². The topological polar surface area (TPSA) is 57.1 Å². The van der Waals surface area contributed by atoms with Gasteiger partial charge in [-0.15, -0.1) is 0 Å². The average molecular weight is 469 g/mol. The molecule has 0 fully saturated rings. The van der Waals surface area contributed by atoms with Gasteiger partial charge in [-0.2, -0.15) is 13.2 Å². The molecule has 0 unspecified atom stereocenters. The zero-order chi connectivity index (χ0) is 24.6. The number of carbonyl (C=O) groups excluding carboxylic acids is 1. The van der Waals surface area contributed by atoms with Gasteiger partial charge in [-0.1, -0.05) is 54.6 Å². The molecule has 0 aliphatic heterocycles. The van der Waals surface area contributed by atoms with E-state index in [1.54, 1.807) is 31.2 Å². The molecule has 0 saturated heterocycles. The fourth-order valence-corrected chi connectivity index (χ4v) is 2.91. The van der Waals surface area contributed by atoms with Crippen molar-refractivity contribution in [2.45, 2.75) is 13.1 Å². The van der Waals surface area contributed by atoms with Crippen LogP contribution in [0, 0.1) is 0 Å². The lowest BCUT2D eigenvalue weighted by molar-refractivity contribution is -0.141. The number of hydrogen-bond acceptors (Lipinski definition) is 5. The summed E-state index contributed by atoms with van der Waals surface area (Å²) in [5, 5.41) is 0. The predicted molar refractivity (Wildman–Crippen MR) is 124 cm³/mol. The summed E-state index contributed by atoms with van der Waals surface area (Å²) in [6.45, 7) is 1.50. The van der Waals surface area contributed by atoms with Crippen molar-refractivity contribution in [1.82, 2.24) is 0 Å². The summed E-state index contributed by atoms with van der Waals surface area (Å²) in [7, 11) is 1.44. The van der Waals surface area contributed by atoms with E-state index >= 15 is 0 Å². The van der Waals surface area contributed by atoms with Crippen LogP contribution >= 0.6 is 0 Å². The summed E-state index contributed by atoms with van der Waals surface area (Å²) in [5.41, 5.74) is 2.32. The number of alkyl halides is 3. The highest BCUT2D eigenvalue weighted by molar-refractivity contribution is 5.96. The van der Waals surface area contributed by atoms with Crippen molar-refractivity contribution in [3.05, 3.63) is 90.2 Å². The second-order valence-electron chi connectivity index (χ2n) is 6.93. The zero-order valence-corrected chi connectivity index (χ0v) is 18.5. The monoisotopic (exact) mass is 469 g/mol. The van der Waals surface area contributed by atoms with E-state index in [1.807, 2.05) is 30.3 Å². The summed E-state index contributed by atoms with van der Waals surface area (Å²) in [6, 6.07) is 22.1. The first-order chi connectivity index (χ1) is 16.3. The second kappa shape index (κ2) is 11.2. The Labute approximate surface area is 195 Å². The van der Waals surface area contributed by atoms with Crippen LogP contribution < -0.4 is 4.74 Å². The summed E-state index contributed by atoms with van der Waals surface area (Å²) in [5.74, 6) is -2.82. The Morgan fingerprint density at radius 2 is 1.53 bits per heavy atom. The highest BCUT2D eigenvalue weighted by Gasteiger charge is 2.40. The van der Waals surface area contributed by atoms with Crippen molar-refractivity contribution in [3.63, 3.8) is 0 Å². The second-order valence-corrected chi connectivity index (χ2v) is 6.93. The number of methoxy groups -OCH3 is 1. The Hall–Kier alpha value is -4.07. The Morgan fingerprint density at radius 3 is 2.09 bits per heavy atom. The first-order valence-electron chi connectivity index (χ1n) is 10.3. The van der Waals surface area contributed by atoms with Gasteiger partial charge in [0, 0.05) is 0 Å². The lowest BCUT2D eigenvalue weighted by Gasteiger charge is -2.14. The first kappa shape index (κ1) is 24.6. The van der Waals surface area contributed by atoms with Gasteiger partial charge in [-0.25, -0.2) is 9.79 Å². The van der Waals surface area contributed by atoms with Gasteiger partial charge in [0.25, 0.3) is 0 Å². The van der Waals surface area contributed by atoms with Crippen molar-refractivity contribution in [2.75, 3.05) is 13.7 Å². The molecule has 3 aromatic rings. The van der Waals surface area contributed by atoms with Crippen LogP contribution in [0.5, 0.6) is 5.75 Å². The highest BCUT2D eigenvalue weighted by Crippen LogP contribution is 2.27. The minimum absolute atomic E-state index is 0.0245. The number of halogens is 3. The van der Waals surface area contributed by atoms with Gasteiger partial charge in [0.05, 0.1) is 19.4 Å². The van der Waals surface area contributed by atoms with Gasteiger partial charge in [-0.3, -0.25) is 0 Å². The maximum atomic E-state index is 13.7. The molecule has 0 amide bonds. The molecule has 0 atom stereocenters. The Morgan fingerprint density at radius 1 is 0.912 bits per heavy atom. The van der Waals surface area contributed by atoms with Crippen LogP contribution in [0.2, 0.25) is 0 Å². The maximum absolute atomic E-state index is 13.7. The molecule has 0 saturated carbocycles. The van der Waals surface area contributed by atoms with Crippen LogP contribution in [0.4, 0.5) is 18.9 Å². The third kappa shape index (κ3) is 6.71. The van der Waals surface area contributed by atoms with Crippen molar-refractivity contribution in [2.24, 2.45) is 4.99 Å². The van der Waals surface area contributed by atoms with Crippen LogP contribution in [0.3, 0.4) is 0 Å². The molecular formula is C26H22F3NO4. The molecule has 176 valence electrons. The van der Waals surface area contributed by atoms with E-state index in [4.69, 9.17) is 14.2 Å². The Kier molecular flexibility index (Phi) is 8.08. The van der Waals surface area contributed by atoms with Gasteiger partial charge in [0.15, 0.2) is 0 Å². The summed E-state index contributed by atoms with van der Waals surface area (Å²) >= 11 is 0. The van der Waals surface area contributed by atoms with Crippen molar-refractivity contribution >= 4 is 23.6 Å². The fraction of sp³-hybridized carbons (Fsp3) is 0.154. The minimum Gasteiger partial charge on any atom is -0.497 e. The number of nitrogens with zero attached hydrogens (tertiary/aromatic N) is 1. The van der Waals surface area contributed by atoms with E-state index in [2.05, 4.69) is 4.99 Å². The Bertz CT molecular complexity index is 1150. The van der Waals surface area contributed by atoms with Gasteiger partial charge in [-0.05, 0) is 54.0 Å². The van der Waals surface area contributed by atoms with Gasteiger partial charge in [0.2, 0.25) is 5.76 Å². The molecule has 8 heteroatoms. The predicted octanol–water partition coefficient (Wildman–Crippen LogP) is 6.58. The largest absolute Gasteiger partial charge is 0.497 e. The van der Waals surface area contributed by atoms with Crippen LogP contribution in [0.15, 0.2) is 89.6 Å². The van der Waals surface area contributed by atoms with Crippen LogP contribution in [-0.2, 0) is 14.3 Å². The molecule has 0 bridgehead atoms. The summed E-state index contributed by atoms with van der Waals surface area (Å²) in [6.07, 6.45) is -3.77. The summed E-state index contributed by atoms with van der Waals surface area (Å²) < 4.78 is 55.9. The van der Waals surface area contributed by atoms with Crippen LogP contribution in [0.25, 0.3) is 17.2 Å². The standard InChI is InChI=1S/C26H22F3NO4/c1-3-33-24(31)23(17-18-9-11-20(12-10-18)19-7-5-4-6-8-19)34-25(26(27,28)29)30-21-13-15-22(32-2)16-14-21/h4-17H,3H2,1-2H3/b23-17+,30-25?.